The summed E-state index contributed by atoms with van der Waals surface area (Å²) in [6.45, 7) is 81.7. The van der Waals surface area contributed by atoms with Gasteiger partial charge in [0.1, 0.15) is 0 Å². The topological polar surface area (TPSA) is 0 Å². The summed E-state index contributed by atoms with van der Waals surface area (Å²) in [7, 11) is 0. The first kappa shape index (κ1) is 123. The molecule has 0 aromatic heterocycles. The second-order valence-electron chi connectivity index (χ2n) is 46.9. The third-order valence-corrected chi connectivity index (χ3v) is 31.4. The molecule has 0 saturated carbocycles. The van der Waals surface area contributed by atoms with E-state index in [1.54, 1.807) is 44.6 Å². The van der Waals surface area contributed by atoms with Gasteiger partial charge in [-0.25, -0.2) is 0 Å². The smallest absolute Gasteiger partial charge is 0.0201 e. The lowest BCUT2D eigenvalue weighted by molar-refractivity contribution is 0.380. The molecule has 18 aliphatic rings. The average molecular weight is 1790 g/mol. The van der Waals surface area contributed by atoms with E-state index in [0.29, 0.717) is 0 Å². The zero-order chi connectivity index (χ0) is 97.8. The van der Waals surface area contributed by atoms with Crippen molar-refractivity contribution in [3.05, 3.63) is 215 Å². The van der Waals surface area contributed by atoms with Crippen LogP contribution in [0.2, 0.25) is 0 Å². The first-order valence-electron chi connectivity index (χ1n) is 55.4. The number of hydrogen-bond acceptors (Lipinski definition) is 0. The van der Waals surface area contributed by atoms with Gasteiger partial charge in [0.15, 0.2) is 0 Å². The van der Waals surface area contributed by atoms with Crippen molar-refractivity contribution in [2.24, 2.45) is 166 Å². The van der Waals surface area contributed by atoms with Gasteiger partial charge in [-0.2, -0.15) is 0 Å². The molecule has 130 heavy (non-hydrogen) atoms. The molecule has 0 fully saturated rings. The lowest BCUT2D eigenvalue weighted by Crippen LogP contribution is -2.09. The summed E-state index contributed by atoms with van der Waals surface area (Å²) in [5.74, 6) is 24.3. The van der Waals surface area contributed by atoms with E-state index in [1.807, 2.05) is 0 Å². The van der Waals surface area contributed by atoms with Crippen LogP contribution in [0.1, 0.15) is 442 Å². The van der Waals surface area contributed by atoms with Crippen LogP contribution < -0.4 is 0 Å². The monoisotopic (exact) mass is 1790 g/mol. The molecule has 0 spiro atoms. The lowest BCUT2D eigenvalue weighted by atomic mass is 9.86. The molecule has 0 aliphatic heterocycles. The molecule has 0 aromatic carbocycles. The Balaban J connectivity index is 0.000000689. The third kappa shape index (κ3) is 63.6. The molecule has 744 valence electrons. The van der Waals surface area contributed by atoms with Crippen LogP contribution >= 0.6 is 0 Å². The van der Waals surface area contributed by atoms with E-state index in [0.717, 1.165) is 166 Å². The van der Waals surface area contributed by atoms with Gasteiger partial charge in [0, 0.05) is 0 Å². The van der Waals surface area contributed by atoms with Crippen LogP contribution in [0.3, 0.4) is 0 Å². The van der Waals surface area contributed by atoms with Gasteiger partial charge >= 0.3 is 0 Å². The Labute approximate surface area is 816 Å². The largest absolute Gasteiger partial charge is 0.0883 e. The fraction of sp³-hybridized carbons (Fsp3) is 0.723. The van der Waals surface area contributed by atoms with Crippen LogP contribution in [0, 0.1) is 166 Å². The molecule has 0 unspecified atom stereocenters. The Hall–Kier alpha value is -4.68. The Morgan fingerprint density at radius 2 is 0.385 bits per heavy atom. The maximum atomic E-state index is 2.35. The molecule has 0 nitrogen and oxygen atoms in total. The molecule has 28 atom stereocenters. The predicted octanol–water partition coefficient (Wildman–Crippen LogP) is 42.6. The van der Waals surface area contributed by atoms with Crippen molar-refractivity contribution in [2.75, 3.05) is 0 Å². The normalized spacial score (nSPS) is 35.3. The minimum Gasteiger partial charge on any atom is -0.0883 e. The molecule has 0 aromatic rings. The standard InChI is InChI=1S/C9H16.7C8H14.5C7H12.5C6H10/c1-8-4-3-5-9(2)7-6-8;2*1-7-3-5-8(2)6-4-7;2*1-7-4-3-5-8(2)6-7;3*1-7-5-3-4-6-8(7)2;2*1-6-3-4-7(2)5-6;3*1-6-4-3-5-7(6)2;2*1-5-3-6(2)4-5;3*1-5-3-4-6(5)2/h3-4,8-9H,5-7H2,1-2H3;2*3,5,7-8H,4,6H2,1-2H3;2*3-4,7-8H,5-6H2,1-2H3;3-6H2,1-2H3;2*3-4,7-8H,5-6H2,1-2H3;2*3-4,6-7H,5H2,1-2H3;3-5H2,1-2H3;2*3-4,6-7H,5H2,1-2H3;2*3,5H,4H2,1-2H3;3-4H2,1-2H3;2*3-6H,1-2H3/t8-,9-;7-,8+;7-,8-;7-,8+;7-,8-;;7-,8+;7-,8-;6-,7+;6-,7-;;6-,7+;6-,7-;2*5-;;5-,6+;5-,6-/m1.111..1.1.1110..1/s1. The van der Waals surface area contributed by atoms with Crippen LogP contribution in [-0.4, -0.2) is 0 Å². The number of hydrogen-bond donors (Lipinski definition) is 0. The zero-order valence-electron chi connectivity index (χ0n) is 93.5. The predicted molar refractivity (Wildman–Crippen MR) is 597 cm³/mol. The summed E-state index contributed by atoms with van der Waals surface area (Å²) in [4.78, 5) is 0. The van der Waals surface area contributed by atoms with Gasteiger partial charge < -0.3 is 0 Å². The number of rotatable bonds is 0. The minimum absolute atomic E-state index is 0.829. The molecule has 0 heteroatoms. The van der Waals surface area contributed by atoms with E-state index in [2.05, 4.69) is 419 Å². The first-order valence-corrected chi connectivity index (χ1v) is 55.4. The van der Waals surface area contributed by atoms with Gasteiger partial charge in [-0.3, -0.25) is 0 Å². The second-order valence-corrected chi connectivity index (χ2v) is 46.9. The van der Waals surface area contributed by atoms with E-state index >= 15 is 0 Å². The Morgan fingerprint density at radius 3 is 0.531 bits per heavy atom. The molecule has 0 N–H and O–H groups in total. The second kappa shape index (κ2) is 72.6. The van der Waals surface area contributed by atoms with Crippen molar-refractivity contribution in [3.8, 4) is 0 Å². The van der Waals surface area contributed by atoms with Crippen LogP contribution in [0.4, 0.5) is 0 Å². The summed E-state index contributed by atoms with van der Waals surface area (Å²) < 4.78 is 0. The highest BCUT2D eigenvalue weighted by Crippen LogP contribution is 2.33. The molecule has 0 saturated heterocycles. The molecular formula is C130H224. The van der Waals surface area contributed by atoms with Crippen LogP contribution in [0.5, 0.6) is 0 Å². The van der Waals surface area contributed by atoms with Crippen molar-refractivity contribution in [3.63, 3.8) is 0 Å². The van der Waals surface area contributed by atoms with Crippen molar-refractivity contribution in [1.82, 2.24) is 0 Å². The van der Waals surface area contributed by atoms with Gasteiger partial charge in [-0.15, -0.1) is 0 Å². The highest BCUT2D eigenvalue weighted by molar-refractivity contribution is 5.20. The van der Waals surface area contributed by atoms with Crippen molar-refractivity contribution < 1.29 is 0 Å². The summed E-state index contributed by atoms with van der Waals surface area (Å²) >= 11 is 0. The van der Waals surface area contributed by atoms with Gasteiger partial charge in [0.2, 0.25) is 0 Å². The minimum atomic E-state index is 0.829. The molecule has 0 radical (unpaired) electrons. The SMILES string of the molecule is CC1=C(C)CC1.CC1=C(C)CCC1.CC1=C(C)CCCC1.CC1=C[C@@H](C)C1.CC1=C[C@H](C)C1.C[C@@H]1C=CC[C@@H]1C.C[C@@H]1C=CC[C@H]1C.C[C@@H]1C=C[C@@H](C)C1.C[C@@H]1C=C[C@@H](C)CC1.C[C@@H]1C=C[C@@H]1C.C[C@@H]1C=C[C@H](C)C1.C[C@@H]1C=C[C@H](C)CC1.C[C@@H]1C=C[C@H]1C.C[C@@H]1CC=CC[C@@H]1C.C[C@@H]1CC=CC[C@H]1C.C[C@@H]1CC=C[C@@H](C)C1.C[C@@H]1CC=C[C@@H](C)CC1.C[C@H]1CC=C[C@@H](C)C1. The van der Waals surface area contributed by atoms with Crippen LogP contribution in [-0.2, 0) is 0 Å². The maximum Gasteiger partial charge on any atom is -0.0201 e. The van der Waals surface area contributed by atoms with E-state index in [1.165, 1.54) is 193 Å². The molecule has 18 aliphatic carbocycles. The Bertz CT molecular complexity index is 3190. The average Bonchev–Trinajstić information content (AvgIpc) is 1.07. The molecule has 0 bridgehead atoms. The molecular weight excluding hydrogens is 1560 g/mol. The third-order valence-electron chi connectivity index (χ3n) is 31.4. The van der Waals surface area contributed by atoms with Gasteiger partial charge in [-0.05, 0) is 414 Å². The quantitative estimate of drug-likeness (QED) is 0.212. The summed E-state index contributed by atoms with van der Waals surface area (Å²) in [5, 5.41) is 0. The Kier molecular flexibility index (Phi) is 68.9. The zero-order valence-corrected chi connectivity index (χ0v) is 93.5. The summed E-state index contributed by atoms with van der Waals surface area (Å²) in [6, 6.07) is 0. The van der Waals surface area contributed by atoms with E-state index in [-0.39, 0.29) is 0 Å². The molecule has 18 rings (SSSR count). The summed E-state index contributed by atoms with van der Waals surface area (Å²) in [5.41, 5.74) is 12.8. The fourth-order valence-electron chi connectivity index (χ4n) is 18.4. The summed E-state index contributed by atoms with van der Waals surface area (Å²) in [6.07, 6.45) is 105. The van der Waals surface area contributed by atoms with Crippen molar-refractivity contribution in [2.45, 2.75) is 442 Å². The number of allylic oxidation sites excluding steroid dienone is 36. The highest BCUT2D eigenvalue weighted by Gasteiger charge is 2.20. The molecule has 0 heterocycles. The molecule has 0 amide bonds. The highest BCUT2D eigenvalue weighted by atomic mass is 14.3. The lowest BCUT2D eigenvalue weighted by Gasteiger charge is -2.20. The van der Waals surface area contributed by atoms with Crippen LogP contribution in [0.25, 0.3) is 0 Å². The fourth-order valence-corrected chi connectivity index (χ4v) is 18.4. The van der Waals surface area contributed by atoms with E-state index < -0.39 is 0 Å². The van der Waals surface area contributed by atoms with Gasteiger partial charge in [-0.1, -0.05) is 409 Å². The van der Waals surface area contributed by atoms with E-state index in [4.69, 9.17) is 0 Å². The van der Waals surface area contributed by atoms with Crippen molar-refractivity contribution in [1.29, 1.82) is 0 Å². The first-order chi connectivity index (χ1) is 61.3. The van der Waals surface area contributed by atoms with Gasteiger partial charge in [0.25, 0.3) is 0 Å². The van der Waals surface area contributed by atoms with Crippen molar-refractivity contribution >= 4 is 0 Å². The van der Waals surface area contributed by atoms with E-state index in [9.17, 15) is 0 Å². The Morgan fingerprint density at radius 1 is 0.169 bits per heavy atom. The van der Waals surface area contributed by atoms with Crippen LogP contribution in [0.15, 0.2) is 215 Å². The maximum absolute atomic E-state index is 2.35. The van der Waals surface area contributed by atoms with Gasteiger partial charge in [0.05, 0.1) is 0 Å².